The molecule has 1 atom stereocenters. The molecule has 0 spiro atoms. The minimum atomic E-state index is -4.77. The number of allylic oxidation sites excluding steroid dienone is 12. The Bertz CT molecular complexity index is 1070. The maximum atomic E-state index is 12.3. The molecule has 298 valence electrons. The summed E-state index contributed by atoms with van der Waals surface area (Å²) >= 11 is 0. The summed E-state index contributed by atoms with van der Waals surface area (Å²) in [7, 11) is -4.77. The molecule has 0 rings (SSSR count). The molecule has 52 heavy (non-hydrogen) atoms. The number of hydrogen-bond acceptors (Lipinski definition) is 6. The third-order valence-electron chi connectivity index (χ3n) is 8.31. The predicted octanol–water partition coefficient (Wildman–Crippen LogP) is 12.3. The van der Waals surface area contributed by atoms with Crippen molar-refractivity contribution in [1.29, 1.82) is 0 Å². The quantitative estimate of drug-likeness (QED) is 0.0214. The minimum absolute atomic E-state index is 0.163. The molecule has 0 bridgehead atoms. The van der Waals surface area contributed by atoms with Crippen LogP contribution < -0.4 is 0 Å². The monoisotopic (exact) mass is 749 g/mol. The van der Waals surface area contributed by atoms with Gasteiger partial charge >= 0.3 is 19.8 Å². The van der Waals surface area contributed by atoms with Gasteiger partial charge in [-0.3, -0.25) is 14.1 Å². The number of rotatable bonds is 36. The number of hydrogen-bond donors (Lipinski definition) is 2. The first-order valence-electron chi connectivity index (χ1n) is 20.3. The third-order valence-corrected chi connectivity index (χ3v) is 8.80. The molecular weight excluding hydrogens is 675 g/mol. The highest BCUT2D eigenvalue weighted by atomic mass is 31.2. The summed E-state index contributed by atoms with van der Waals surface area (Å²) in [6.07, 6.45) is 49.2. The zero-order valence-corrected chi connectivity index (χ0v) is 33.6. The number of phosphoric ester groups is 1. The SMILES string of the molecule is CC/C=C/C=C/C=C/C=C/CCCCCC(=O)OC(COC(=O)CCCCCCCCCCCCCCCC/C=C/C/C=C/CC)COP(=O)(O)O. The van der Waals surface area contributed by atoms with E-state index in [1.54, 1.807) is 0 Å². The van der Waals surface area contributed by atoms with Gasteiger partial charge in [0.2, 0.25) is 0 Å². The van der Waals surface area contributed by atoms with Crippen LogP contribution in [-0.4, -0.2) is 41.0 Å². The Morgan fingerprint density at radius 3 is 1.52 bits per heavy atom. The largest absolute Gasteiger partial charge is 0.469 e. The van der Waals surface area contributed by atoms with Crippen LogP contribution in [0, 0.1) is 0 Å². The molecule has 1 unspecified atom stereocenters. The molecule has 9 heteroatoms. The summed E-state index contributed by atoms with van der Waals surface area (Å²) in [5, 5.41) is 0. The smallest absolute Gasteiger partial charge is 0.462 e. The summed E-state index contributed by atoms with van der Waals surface area (Å²) in [5.41, 5.74) is 0. The van der Waals surface area contributed by atoms with E-state index in [4.69, 9.17) is 19.3 Å². The Kier molecular flexibility index (Phi) is 36.4. The lowest BCUT2D eigenvalue weighted by Crippen LogP contribution is -2.29. The minimum Gasteiger partial charge on any atom is -0.462 e. The van der Waals surface area contributed by atoms with E-state index >= 15 is 0 Å². The van der Waals surface area contributed by atoms with Gasteiger partial charge in [0.15, 0.2) is 6.10 Å². The second-order valence-electron chi connectivity index (χ2n) is 13.3. The average molecular weight is 749 g/mol. The van der Waals surface area contributed by atoms with Gasteiger partial charge in [-0.05, 0) is 57.8 Å². The van der Waals surface area contributed by atoms with Crippen LogP contribution >= 0.6 is 7.82 Å². The molecular formula is C43H73O8P. The van der Waals surface area contributed by atoms with E-state index in [9.17, 15) is 14.2 Å². The number of esters is 2. The molecule has 0 aromatic heterocycles. The number of phosphoric acid groups is 1. The van der Waals surface area contributed by atoms with Crippen LogP contribution in [-0.2, 0) is 28.2 Å². The summed E-state index contributed by atoms with van der Waals surface area (Å²) in [6.45, 7) is 3.40. The van der Waals surface area contributed by atoms with Crippen molar-refractivity contribution in [2.75, 3.05) is 13.2 Å². The number of carbonyl (C=O) groups is 2. The molecule has 0 aliphatic rings. The zero-order valence-electron chi connectivity index (χ0n) is 32.7. The fraction of sp³-hybridized carbons (Fsp3) is 0.674. The lowest BCUT2D eigenvalue weighted by Gasteiger charge is -2.18. The van der Waals surface area contributed by atoms with Gasteiger partial charge in [-0.1, -0.05) is 170 Å². The lowest BCUT2D eigenvalue weighted by molar-refractivity contribution is -0.161. The van der Waals surface area contributed by atoms with Crippen molar-refractivity contribution in [2.45, 2.75) is 174 Å². The van der Waals surface area contributed by atoms with Crippen LogP contribution in [0.2, 0.25) is 0 Å². The topological polar surface area (TPSA) is 119 Å². The van der Waals surface area contributed by atoms with Gasteiger partial charge in [0.1, 0.15) is 6.61 Å². The molecule has 0 fully saturated rings. The molecule has 0 saturated carbocycles. The highest BCUT2D eigenvalue weighted by Crippen LogP contribution is 2.36. The molecule has 0 heterocycles. The summed E-state index contributed by atoms with van der Waals surface area (Å²) in [6, 6.07) is 0. The van der Waals surface area contributed by atoms with E-state index < -0.39 is 32.5 Å². The van der Waals surface area contributed by atoms with E-state index in [-0.39, 0.29) is 19.4 Å². The van der Waals surface area contributed by atoms with Crippen LogP contribution in [0.5, 0.6) is 0 Å². The maximum absolute atomic E-state index is 12.3. The average Bonchev–Trinajstić information content (AvgIpc) is 3.11. The number of unbranched alkanes of at least 4 members (excludes halogenated alkanes) is 17. The van der Waals surface area contributed by atoms with E-state index in [0.717, 1.165) is 51.4 Å². The van der Waals surface area contributed by atoms with Crippen molar-refractivity contribution in [3.8, 4) is 0 Å². The van der Waals surface area contributed by atoms with Crippen LogP contribution in [0.1, 0.15) is 168 Å². The molecule has 0 radical (unpaired) electrons. The number of ether oxygens (including phenoxy) is 2. The first-order chi connectivity index (χ1) is 25.3. The highest BCUT2D eigenvalue weighted by Gasteiger charge is 2.22. The second-order valence-corrected chi connectivity index (χ2v) is 14.5. The van der Waals surface area contributed by atoms with Crippen molar-refractivity contribution < 1.29 is 37.9 Å². The van der Waals surface area contributed by atoms with Crippen molar-refractivity contribution in [2.24, 2.45) is 0 Å². The standard InChI is InChI=1S/C43H73O8P/c1-3-5-7-9-11-13-15-17-18-19-20-21-22-23-24-26-27-29-31-33-35-37-42(44)49-39-41(40-50-52(46,47)48)51-43(45)38-36-34-32-30-28-25-16-14-12-10-8-6-4-2/h5-8,10-14,16,25,28,41H,3-4,9,15,17-24,26-27,29-40H2,1-2H3,(H2,46,47,48)/b7-5+,8-6+,12-10+,13-11+,16-14+,28-25+. The lowest BCUT2D eigenvalue weighted by atomic mass is 10.0. The second kappa shape index (κ2) is 38.2. The zero-order chi connectivity index (χ0) is 38.2. The molecule has 8 nitrogen and oxygen atoms in total. The molecule has 0 aliphatic heterocycles. The molecule has 0 aliphatic carbocycles. The van der Waals surface area contributed by atoms with E-state index in [1.165, 1.54) is 77.0 Å². The molecule has 0 aromatic carbocycles. The predicted molar refractivity (Wildman–Crippen MR) is 216 cm³/mol. The van der Waals surface area contributed by atoms with Crippen LogP contribution in [0.3, 0.4) is 0 Å². The fourth-order valence-corrected chi connectivity index (χ4v) is 5.72. The molecule has 0 saturated heterocycles. The van der Waals surface area contributed by atoms with E-state index in [0.29, 0.717) is 12.8 Å². The van der Waals surface area contributed by atoms with Gasteiger partial charge in [0.25, 0.3) is 0 Å². The first kappa shape index (κ1) is 49.5. The normalized spacial score (nSPS) is 13.2. The Morgan fingerprint density at radius 1 is 0.519 bits per heavy atom. The van der Waals surface area contributed by atoms with Crippen LogP contribution in [0.4, 0.5) is 0 Å². The molecule has 0 amide bonds. The summed E-state index contributed by atoms with van der Waals surface area (Å²) < 4.78 is 26.3. The molecule has 0 aromatic rings. The maximum Gasteiger partial charge on any atom is 0.469 e. The van der Waals surface area contributed by atoms with Crippen molar-refractivity contribution >= 4 is 19.8 Å². The van der Waals surface area contributed by atoms with Gasteiger partial charge in [-0.2, -0.15) is 0 Å². The Labute approximate surface area is 317 Å². The summed E-state index contributed by atoms with van der Waals surface area (Å²) in [5.74, 6) is -0.935. The third kappa shape index (κ3) is 40.3. The first-order valence-corrected chi connectivity index (χ1v) is 21.8. The van der Waals surface area contributed by atoms with Gasteiger partial charge < -0.3 is 19.3 Å². The van der Waals surface area contributed by atoms with Crippen LogP contribution in [0.15, 0.2) is 72.9 Å². The Balaban J connectivity index is 3.92. The van der Waals surface area contributed by atoms with E-state index in [2.05, 4.69) is 54.8 Å². The van der Waals surface area contributed by atoms with Gasteiger partial charge in [-0.15, -0.1) is 0 Å². The van der Waals surface area contributed by atoms with Crippen molar-refractivity contribution in [1.82, 2.24) is 0 Å². The molecule has 2 N–H and O–H groups in total. The summed E-state index contributed by atoms with van der Waals surface area (Å²) in [4.78, 5) is 42.8. The number of carbonyl (C=O) groups excluding carboxylic acids is 2. The fourth-order valence-electron chi connectivity index (χ4n) is 5.36. The van der Waals surface area contributed by atoms with Crippen molar-refractivity contribution in [3.05, 3.63) is 72.9 Å². The highest BCUT2D eigenvalue weighted by molar-refractivity contribution is 7.46. The Morgan fingerprint density at radius 2 is 0.962 bits per heavy atom. The van der Waals surface area contributed by atoms with Crippen LogP contribution in [0.25, 0.3) is 0 Å². The van der Waals surface area contributed by atoms with Gasteiger partial charge in [0.05, 0.1) is 6.61 Å². The van der Waals surface area contributed by atoms with Gasteiger partial charge in [0, 0.05) is 12.8 Å². The Hall–Kier alpha value is -2.51. The van der Waals surface area contributed by atoms with Gasteiger partial charge in [-0.25, -0.2) is 4.57 Å². The van der Waals surface area contributed by atoms with Crippen molar-refractivity contribution in [3.63, 3.8) is 0 Å². The van der Waals surface area contributed by atoms with E-state index in [1.807, 2.05) is 36.5 Å².